The smallest absolute Gasteiger partial charge is 0.137 e. The largest absolute Gasteiger partial charge is 0.320 e. The van der Waals surface area contributed by atoms with Gasteiger partial charge in [-0.25, -0.2) is 4.39 Å². The molecule has 78 valence electrons. The minimum atomic E-state index is -0.278. The molecule has 2 N–H and O–H groups in total. The molecule has 1 aromatic carbocycles. The molecule has 1 atom stereocenters. The molecule has 0 aliphatic rings. The maximum Gasteiger partial charge on any atom is 0.137 e. The summed E-state index contributed by atoms with van der Waals surface area (Å²) in [6.45, 7) is 0. The molecule has 0 fully saturated rings. The summed E-state index contributed by atoms with van der Waals surface area (Å²) in [7, 11) is 0. The maximum atomic E-state index is 13.3. The van der Waals surface area contributed by atoms with Crippen molar-refractivity contribution in [3.05, 3.63) is 56.4 Å². The fourth-order valence-corrected chi connectivity index (χ4v) is 2.64. The second-order valence-electron chi connectivity index (χ2n) is 3.14. The molecular weight excluding hydrogens is 277 g/mol. The van der Waals surface area contributed by atoms with Gasteiger partial charge in [-0.2, -0.15) is 0 Å². The second kappa shape index (κ2) is 4.43. The lowest BCUT2D eigenvalue weighted by Gasteiger charge is -2.12. The summed E-state index contributed by atoms with van der Waals surface area (Å²) in [5, 5.41) is 1.96. The number of halogens is 2. The van der Waals surface area contributed by atoms with Crippen molar-refractivity contribution < 1.29 is 4.39 Å². The van der Waals surface area contributed by atoms with Crippen molar-refractivity contribution >= 4 is 27.3 Å². The lowest BCUT2D eigenvalue weighted by Crippen LogP contribution is -2.11. The van der Waals surface area contributed by atoms with E-state index in [1.807, 2.05) is 23.6 Å². The Balaban J connectivity index is 2.42. The van der Waals surface area contributed by atoms with Gasteiger partial charge >= 0.3 is 0 Å². The van der Waals surface area contributed by atoms with Crippen LogP contribution < -0.4 is 5.73 Å². The number of hydrogen-bond acceptors (Lipinski definition) is 2. The van der Waals surface area contributed by atoms with Crippen molar-refractivity contribution in [3.8, 4) is 0 Å². The minimum Gasteiger partial charge on any atom is -0.320 e. The first kappa shape index (κ1) is 10.8. The zero-order valence-electron chi connectivity index (χ0n) is 7.78. The molecule has 0 amide bonds. The Morgan fingerprint density at radius 2 is 2.07 bits per heavy atom. The number of nitrogens with two attached hydrogens (primary N) is 1. The Morgan fingerprint density at radius 1 is 1.27 bits per heavy atom. The predicted octanol–water partition coefficient (Wildman–Crippen LogP) is 3.70. The van der Waals surface area contributed by atoms with E-state index < -0.39 is 0 Å². The third-order valence-electron chi connectivity index (χ3n) is 2.17. The average Bonchev–Trinajstić information content (AvgIpc) is 2.74. The SMILES string of the molecule is N[C@@H](c1cccs1)c1cccc(F)c1Br. The molecule has 0 saturated heterocycles. The van der Waals surface area contributed by atoms with Crippen molar-refractivity contribution in [2.24, 2.45) is 5.73 Å². The van der Waals surface area contributed by atoms with Gasteiger partial charge in [0.1, 0.15) is 5.82 Å². The molecule has 0 aliphatic carbocycles. The van der Waals surface area contributed by atoms with Gasteiger partial charge in [-0.1, -0.05) is 18.2 Å². The summed E-state index contributed by atoms with van der Waals surface area (Å²) in [6, 6.07) is 8.53. The quantitative estimate of drug-likeness (QED) is 0.895. The van der Waals surface area contributed by atoms with E-state index >= 15 is 0 Å². The van der Waals surface area contributed by atoms with E-state index in [1.165, 1.54) is 6.07 Å². The summed E-state index contributed by atoms with van der Waals surface area (Å²) in [4.78, 5) is 1.03. The molecule has 1 heterocycles. The van der Waals surface area contributed by atoms with Gasteiger partial charge in [0, 0.05) is 4.88 Å². The zero-order valence-corrected chi connectivity index (χ0v) is 10.2. The number of rotatable bonds is 2. The van der Waals surface area contributed by atoms with Gasteiger partial charge in [0.05, 0.1) is 10.5 Å². The first-order valence-electron chi connectivity index (χ1n) is 4.43. The fourth-order valence-electron chi connectivity index (χ4n) is 1.38. The highest BCUT2D eigenvalue weighted by molar-refractivity contribution is 9.10. The van der Waals surface area contributed by atoms with Crippen molar-refractivity contribution in [2.45, 2.75) is 6.04 Å². The van der Waals surface area contributed by atoms with E-state index in [0.717, 1.165) is 10.4 Å². The van der Waals surface area contributed by atoms with Crippen LogP contribution in [0.3, 0.4) is 0 Å². The molecule has 0 radical (unpaired) electrons. The molecule has 0 unspecified atom stereocenters. The van der Waals surface area contributed by atoms with Gasteiger partial charge in [-0.15, -0.1) is 11.3 Å². The van der Waals surface area contributed by atoms with Crippen molar-refractivity contribution in [3.63, 3.8) is 0 Å². The van der Waals surface area contributed by atoms with Crippen LogP contribution in [-0.2, 0) is 0 Å². The molecule has 2 rings (SSSR count). The molecule has 0 saturated carbocycles. The third kappa shape index (κ3) is 2.12. The number of hydrogen-bond donors (Lipinski definition) is 1. The number of benzene rings is 1. The van der Waals surface area contributed by atoms with Crippen LogP contribution in [0.15, 0.2) is 40.2 Å². The maximum absolute atomic E-state index is 13.3. The van der Waals surface area contributed by atoms with Crippen molar-refractivity contribution in [2.75, 3.05) is 0 Å². The molecule has 0 bridgehead atoms. The normalized spacial score (nSPS) is 12.7. The molecule has 2 aromatic rings. The van der Waals surface area contributed by atoms with Crippen LogP contribution in [0.2, 0.25) is 0 Å². The topological polar surface area (TPSA) is 26.0 Å². The third-order valence-corrected chi connectivity index (χ3v) is 3.96. The molecular formula is C11H9BrFNS. The lowest BCUT2D eigenvalue weighted by atomic mass is 10.1. The van der Waals surface area contributed by atoms with Gasteiger partial charge in [-0.05, 0) is 39.0 Å². The minimum absolute atomic E-state index is 0.268. The van der Waals surface area contributed by atoms with Crippen LogP contribution in [0.25, 0.3) is 0 Å². The Hall–Kier alpha value is -0.710. The van der Waals surface area contributed by atoms with Gasteiger partial charge in [-0.3, -0.25) is 0 Å². The van der Waals surface area contributed by atoms with Crippen molar-refractivity contribution in [1.29, 1.82) is 0 Å². The van der Waals surface area contributed by atoms with Gasteiger partial charge in [0.2, 0.25) is 0 Å². The van der Waals surface area contributed by atoms with E-state index in [9.17, 15) is 4.39 Å². The highest BCUT2D eigenvalue weighted by Gasteiger charge is 2.14. The van der Waals surface area contributed by atoms with Crippen LogP contribution in [-0.4, -0.2) is 0 Å². The van der Waals surface area contributed by atoms with Gasteiger partial charge in [0.25, 0.3) is 0 Å². The molecule has 4 heteroatoms. The van der Waals surface area contributed by atoms with Gasteiger partial charge < -0.3 is 5.73 Å². The van der Waals surface area contributed by atoms with Crippen molar-refractivity contribution in [1.82, 2.24) is 0 Å². The lowest BCUT2D eigenvalue weighted by molar-refractivity contribution is 0.616. The fraction of sp³-hybridized carbons (Fsp3) is 0.0909. The Bertz CT molecular complexity index is 456. The van der Waals surface area contributed by atoms with Crippen LogP contribution in [0.5, 0.6) is 0 Å². The second-order valence-corrected chi connectivity index (χ2v) is 4.91. The van der Waals surface area contributed by atoms with E-state index in [0.29, 0.717) is 4.47 Å². The Labute approximate surface area is 99.9 Å². The molecule has 1 nitrogen and oxygen atoms in total. The van der Waals surface area contributed by atoms with Gasteiger partial charge in [0.15, 0.2) is 0 Å². The summed E-state index contributed by atoms with van der Waals surface area (Å²) in [6.07, 6.45) is 0. The molecule has 0 aliphatic heterocycles. The summed E-state index contributed by atoms with van der Waals surface area (Å²) >= 11 is 4.79. The Morgan fingerprint density at radius 3 is 2.73 bits per heavy atom. The predicted molar refractivity (Wildman–Crippen MR) is 64.4 cm³/mol. The van der Waals surface area contributed by atoms with E-state index in [1.54, 1.807) is 17.4 Å². The first-order valence-corrected chi connectivity index (χ1v) is 6.10. The number of thiophene rings is 1. The van der Waals surface area contributed by atoms with Crippen LogP contribution >= 0.6 is 27.3 Å². The van der Waals surface area contributed by atoms with Crippen LogP contribution in [0.4, 0.5) is 4.39 Å². The highest BCUT2D eigenvalue weighted by atomic mass is 79.9. The summed E-state index contributed by atoms with van der Waals surface area (Å²) < 4.78 is 13.7. The van der Waals surface area contributed by atoms with Crippen LogP contribution in [0.1, 0.15) is 16.5 Å². The van der Waals surface area contributed by atoms with E-state index in [-0.39, 0.29) is 11.9 Å². The average molecular weight is 286 g/mol. The van der Waals surface area contributed by atoms with Crippen LogP contribution in [0, 0.1) is 5.82 Å². The molecule has 0 spiro atoms. The molecule has 15 heavy (non-hydrogen) atoms. The first-order chi connectivity index (χ1) is 7.20. The summed E-state index contributed by atoms with van der Waals surface area (Å²) in [5.74, 6) is -0.278. The van der Waals surface area contributed by atoms with E-state index in [2.05, 4.69) is 15.9 Å². The summed E-state index contributed by atoms with van der Waals surface area (Å²) in [5.41, 5.74) is 6.82. The zero-order chi connectivity index (χ0) is 10.8. The standard InChI is InChI=1S/C11H9BrFNS/c12-10-7(3-1-4-8(10)13)11(14)9-5-2-6-15-9/h1-6,11H,14H2/t11-/m1/s1. The molecule has 1 aromatic heterocycles. The van der Waals surface area contributed by atoms with E-state index in [4.69, 9.17) is 5.73 Å². The Kier molecular flexibility index (Phi) is 3.19. The highest BCUT2D eigenvalue weighted by Crippen LogP contribution is 2.30. The monoisotopic (exact) mass is 285 g/mol.